The molecule has 0 aliphatic carbocycles. The summed E-state index contributed by atoms with van der Waals surface area (Å²) in [7, 11) is 0. The van der Waals surface area contributed by atoms with Gasteiger partial charge in [-0.25, -0.2) is 0 Å². The molecule has 1 nitrogen and oxygen atoms in total. The number of anilines is 1. The fourth-order valence-corrected chi connectivity index (χ4v) is 0.700. The van der Waals surface area contributed by atoms with Crippen LogP contribution in [0.2, 0.25) is 0 Å². The fraction of sp³-hybridized carbons (Fsp3) is 0.125. The first-order chi connectivity index (χ1) is 4.43. The Morgan fingerprint density at radius 3 is 2.30 bits per heavy atom. The summed E-state index contributed by atoms with van der Waals surface area (Å²) in [6.07, 6.45) is 0. The summed E-state index contributed by atoms with van der Waals surface area (Å²) >= 11 is 0. The molecule has 0 atom stereocenters. The maximum atomic E-state index is 3.67. The van der Waals surface area contributed by atoms with Gasteiger partial charge in [0.2, 0.25) is 0 Å². The molecule has 10 heavy (non-hydrogen) atoms. The quantitative estimate of drug-likeness (QED) is 0.734. The van der Waals surface area contributed by atoms with Crippen molar-refractivity contribution in [1.82, 2.24) is 0 Å². The number of benzene rings is 1. The second kappa shape index (κ2) is 5.88. The van der Waals surface area contributed by atoms with Crippen molar-refractivity contribution in [2.45, 2.75) is 0 Å². The molecule has 0 aromatic heterocycles. The van der Waals surface area contributed by atoms with Crippen LogP contribution in [0.1, 0.15) is 0 Å². The van der Waals surface area contributed by atoms with Crippen LogP contribution < -0.4 is 5.32 Å². The Balaban J connectivity index is 0.000000810. The Labute approximate surface area is 87.1 Å². The summed E-state index contributed by atoms with van der Waals surface area (Å²) in [4.78, 5) is 0. The summed E-state index contributed by atoms with van der Waals surface area (Å²) in [6.45, 7) is 4.41. The topological polar surface area (TPSA) is 12.0 Å². The largest absolute Gasteiger partial charge is 0.415 e. The molecule has 1 aromatic rings. The van der Waals surface area contributed by atoms with Crippen molar-refractivity contribution in [2.24, 2.45) is 0 Å². The SMILES string of the molecule is [CH2-]CNc1ccccc1.[Y]. The molecule has 0 bridgehead atoms. The standard InChI is InChI=1S/C8H10N.Y/c1-2-9-8-6-4-3-5-7-8;/h3-7,9H,1-2H2;/q-1;. The van der Waals surface area contributed by atoms with Gasteiger partial charge in [-0.15, -0.1) is 6.54 Å². The molecule has 51 valence electrons. The van der Waals surface area contributed by atoms with E-state index < -0.39 is 0 Å². The number of para-hydroxylation sites is 1. The van der Waals surface area contributed by atoms with E-state index in [2.05, 4.69) is 12.2 Å². The van der Waals surface area contributed by atoms with Gasteiger partial charge in [-0.05, 0) is 12.1 Å². The van der Waals surface area contributed by atoms with Crippen molar-refractivity contribution in [3.05, 3.63) is 37.3 Å². The van der Waals surface area contributed by atoms with Crippen molar-refractivity contribution in [1.29, 1.82) is 0 Å². The third kappa shape index (κ3) is 3.33. The van der Waals surface area contributed by atoms with Crippen molar-refractivity contribution in [3.63, 3.8) is 0 Å². The zero-order valence-electron chi connectivity index (χ0n) is 5.88. The van der Waals surface area contributed by atoms with Crippen LogP contribution in [0.4, 0.5) is 5.69 Å². The average molecular weight is 209 g/mol. The first-order valence-electron chi connectivity index (χ1n) is 3.01. The molecular weight excluding hydrogens is 199 g/mol. The third-order valence-electron chi connectivity index (χ3n) is 1.10. The molecule has 0 spiro atoms. The van der Waals surface area contributed by atoms with Crippen LogP contribution in [0.5, 0.6) is 0 Å². The second-order valence-corrected chi connectivity index (χ2v) is 1.79. The van der Waals surface area contributed by atoms with E-state index in [0.29, 0.717) is 0 Å². The van der Waals surface area contributed by atoms with E-state index in [-0.39, 0.29) is 32.7 Å². The Hall–Kier alpha value is 0.124. The van der Waals surface area contributed by atoms with Gasteiger partial charge in [0.05, 0.1) is 0 Å². The van der Waals surface area contributed by atoms with Crippen LogP contribution >= 0.6 is 0 Å². The van der Waals surface area contributed by atoms with Crippen LogP contribution in [-0.2, 0) is 32.7 Å². The minimum Gasteiger partial charge on any atom is -0.415 e. The normalized spacial score (nSPS) is 8.10. The molecular formula is C8H10NY-. The fourth-order valence-electron chi connectivity index (χ4n) is 0.700. The Morgan fingerprint density at radius 1 is 1.20 bits per heavy atom. The first kappa shape index (κ1) is 10.1. The summed E-state index contributed by atoms with van der Waals surface area (Å²) in [5.74, 6) is 0. The van der Waals surface area contributed by atoms with Gasteiger partial charge < -0.3 is 12.2 Å². The molecule has 0 aliphatic heterocycles. The Morgan fingerprint density at radius 2 is 1.80 bits per heavy atom. The van der Waals surface area contributed by atoms with Gasteiger partial charge in [0.25, 0.3) is 0 Å². The van der Waals surface area contributed by atoms with Crippen molar-refractivity contribution in [2.75, 3.05) is 11.9 Å². The molecule has 1 N–H and O–H groups in total. The summed E-state index contributed by atoms with van der Waals surface area (Å²) < 4.78 is 0. The predicted molar refractivity (Wildman–Crippen MR) is 40.3 cm³/mol. The van der Waals surface area contributed by atoms with Crippen molar-refractivity contribution in [3.8, 4) is 0 Å². The van der Waals surface area contributed by atoms with Gasteiger partial charge in [-0.2, -0.15) is 0 Å². The van der Waals surface area contributed by atoms with Crippen LogP contribution in [-0.4, -0.2) is 6.54 Å². The van der Waals surface area contributed by atoms with E-state index in [9.17, 15) is 0 Å². The zero-order chi connectivity index (χ0) is 6.53. The van der Waals surface area contributed by atoms with E-state index >= 15 is 0 Å². The number of rotatable bonds is 2. The predicted octanol–water partition coefficient (Wildman–Crippen LogP) is 1.93. The molecule has 0 unspecified atom stereocenters. The molecule has 0 fully saturated rings. The maximum absolute atomic E-state index is 3.67. The minimum atomic E-state index is 0. The smallest absolute Gasteiger partial charge is 0.0315 e. The second-order valence-electron chi connectivity index (χ2n) is 1.79. The van der Waals surface area contributed by atoms with E-state index in [4.69, 9.17) is 0 Å². The van der Waals surface area contributed by atoms with Gasteiger partial charge in [-0.3, -0.25) is 0 Å². The van der Waals surface area contributed by atoms with Gasteiger partial charge in [0.1, 0.15) is 0 Å². The molecule has 1 rings (SSSR count). The van der Waals surface area contributed by atoms with Gasteiger partial charge in [0.15, 0.2) is 0 Å². The Bertz CT molecular complexity index is 162. The first-order valence-corrected chi connectivity index (χ1v) is 3.01. The van der Waals surface area contributed by atoms with Gasteiger partial charge in [-0.1, -0.05) is 18.2 Å². The Kier molecular flexibility index (Phi) is 5.95. The summed E-state index contributed by atoms with van der Waals surface area (Å²) in [5.41, 5.74) is 1.13. The minimum absolute atomic E-state index is 0. The molecule has 1 radical (unpaired) electrons. The van der Waals surface area contributed by atoms with Crippen molar-refractivity contribution >= 4 is 5.69 Å². The molecule has 0 saturated heterocycles. The van der Waals surface area contributed by atoms with Crippen LogP contribution in [0.3, 0.4) is 0 Å². The number of nitrogens with one attached hydrogen (secondary N) is 1. The monoisotopic (exact) mass is 209 g/mol. The van der Waals surface area contributed by atoms with E-state index in [1.807, 2.05) is 30.3 Å². The van der Waals surface area contributed by atoms with Crippen LogP contribution in [0.15, 0.2) is 30.3 Å². The van der Waals surface area contributed by atoms with Gasteiger partial charge in [0, 0.05) is 38.4 Å². The summed E-state index contributed by atoms with van der Waals surface area (Å²) in [6, 6.07) is 10.0. The molecule has 0 heterocycles. The maximum Gasteiger partial charge on any atom is 0.0315 e. The molecule has 0 saturated carbocycles. The third-order valence-corrected chi connectivity index (χ3v) is 1.10. The van der Waals surface area contributed by atoms with Gasteiger partial charge >= 0.3 is 0 Å². The molecule has 1 aromatic carbocycles. The van der Waals surface area contributed by atoms with E-state index in [1.165, 1.54) is 0 Å². The number of hydrogen-bond acceptors (Lipinski definition) is 1. The average Bonchev–Trinajstić information content (AvgIpc) is 1.91. The van der Waals surface area contributed by atoms with E-state index in [0.717, 1.165) is 12.2 Å². The zero-order valence-corrected chi connectivity index (χ0v) is 8.72. The van der Waals surface area contributed by atoms with Crippen molar-refractivity contribution < 1.29 is 32.7 Å². The van der Waals surface area contributed by atoms with Crippen LogP contribution in [0, 0.1) is 6.92 Å². The molecule has 0 aliphatic rings. The summed E-state index contributed by atoms with van der Waals surface area (Å²) in [5, 5.41) is 3.10. The molecule has 0 amide bonds. The molecule has 2 heteroatoms. The van der Waals surface area contributed by atoms with Crippen LogP contribution in [0.25, 0.3) is 0 Å². The number of hydrogen-bond donors (Lipinski definition) is 1. The van der Waals surface area contributed by atoms with E-state index in [1.54, 1.807) is 0 Å².